The van der Waals surface area contributed by atoms with Crippen LogP contribution in [0, 0.1) is 17.8 Å². The van der Waals surface area contributed by atoms with E-state index in [0.717, 1.165) is 42.0 Å². The summed E-state index contributed by atoms with van der Waals surface area (Å²) in [6.07, 6.45) is 13.6. The van der Waals surface area contributed by atoms with Crippen molar-refractivity contribution in [1.82, 2.24) is 4.98 Å². The van der Waals surface area contributed by atoms with Gasteiger partial charge in [-0.2, -0.15) is 0 Å². The van der Waals surface area contributed by atoms with E-state index < -0.39 is 0 Å². The van der Waals surface area contributed by atoms with Crippen molar-refractivity contribution in [3.05, 3.63) is 22.9 Å². The van der Waals surface area contributed by atoms with Crippen LogP contribution in [0.2, 0.25) is 0 Å². The second kappa shape index (κ2) is 9.71. The molecule has 5 rings (SSSR count). The summed E-state index contributed by atoms with van der Waals surface area (Å²) >= 11 is 3.50. The Morgan fingerprint density at radius 2 is 2.00 bits per heavy atom. The molecule has 0 N–H and O–H groups in total. The Kier molecular flexibility index (Phi) is 7.07. The first-order valence-corrected chi connectivity index (χ1v) is 11.7. The van der Waals surface area contributed by atoms with E-state index in [9.17, 15) is 0 Å². The van der Waals surface area contributed by atoms with Crippen LogP contribution in [-0.4, -0.2) is 37.6 Å². The minimum atomic E-state index is 0.0806. The number of nitrogens with zero attached hydrogens (tertiary/aromatic N) is 2. The number of ether oxygens (including phenoxy) is 2. The van der Waals surface area contributed by atoms with E-state index in [1.165, 1.54) is 70.1 Å². The Morgan fingerprint density at radius 3 is 2.78 bits per heavy atom. The van der Waals surface area contributed by atoms with Crippen molar-refractivity contribution in [3.63, 3.8) is 0 Å². The first kappa shape index (κ1) is 19.7. The minimum Gasteiger partial charge on any atom is -0.371 e. The van der Waals surface area contributed by atoms with Gasteiger partial charge in [-0.05, 0) is 84.3 Å². The lowest BCUT2D eigenvalue weighted by Crippen LogP contribution is -2.55. The monoisotopic (exact) mass is 436 g/mol. The number of halogens is 1. The van der Waals surface area contributed by atoms with Gasteiger partial charge in [0.15, 0.2) is 6.29 Å². The maximum Gasteiger partial charge on any atom is 0.157 e. The van der Waals surface area contributed by atoms with Gasteiger partial charge in [0, 0.05) is 38.2 Å². The molecule has 0 radical (unpaired) electrons. The van der Waals surface area contributed by atoms with Crippen molar-refractivity contribution < 1.29 is 9.47 Å². The number of rotatable bonds is 9. The summed E-state index contributed by atoms with van der Waals surface area (Å²) < 4.78 is 12.4. The molecule has 4 heterocycles. The molecule has 150 valence electrons. The van der Waals surface area contributed by atoms with Crippen LogP contribution in [0.5, 0.6) is 0 Å². The number of hydrogen-bond donors (Lipinski definition) is 0. The predicted molar refractivity (Wildman–Crippen MR) is 112 cm³/mol. The molecule has 4 aliphatic rings. The highest BCUT2D eigenvalue weighted by molar-refractivity contribution is 9.10. The van der Waals surface area contributed by atoms with E-state index in [4.69, 9.17) is 9.47 Å². The zero-order chi connectivity index (χ0) is 18.5. The van der Waals surface area contributed by atoms with E-state index in [0.29, 0.717) is 0 Å². The molecule has 3 aliphatic heterocycles. The maximum atomic E-state index is 5.83. The summed E-state index contributed by atoms with van der Waals surface area (Å²) in [5.74, 6) is 2.78. The second-order valence-corrected chi connectivity index (χ2v) is 9.34. The van der Waals surface area contributed by atoms with Crippen LogP contribution in [0.15, 0.2) is 22.9 Å². The highest BCUT2D eigenvalue weighted by Gasteiger charge is 2.45. The highest BCUT2D eigenvalue weighted by Crippen LogP contribution is 2.48. The van der Waals surface area contributed by atoms with Crippen LogP contribution in [0.3, 0.4) is 0 Å². The molecule has 5 heteroatoms. The van der Waals surface area contributed by atoms with Crippen molar-refractivity contribution in [1.29, 1.82) is 0 Å². The van der Waals surface area contributed by atoms with E-state index in [-0.39, 0.29) is 6.29 Å². The van der Waals surface area contributed by atoms with Gasteiger partial charge in [0.2, 0.25) is 0 Å². The standard InChI is InChI=1S/C22H33BrN2O2/c23-21-14-19(9-10-24-21)25-15-17-13-18(16-25)20(17)7-3-1-2-5-11-26-22-8-4-6-12-27-22/h9-10,14,17-18,20,22H,1-8,11-13,15-16H2/t17-,18+,20?,22?. The van der Waals surface area contributed by atoms with E-state index in [1.807, 2.05) is 6.20 Å². The molecule has 1 aliphatic carbocycles. The van der Waals surface area contributed by atoms with Crippen molar-refractivity contribution in [3.8, 4) is 0 Å². The van der Waals surface area contributed by atoms with Gasteiger partial charge in [0.25, 0.3) is 0 Å². The maximum absolute atomic E-state index is 5.83. The van der Waals surface area contributed by atoms with Gasteiger partial charge in [-0.3, -0.25) is 0 Å². The quantitative estimate of drug-likeness (QED) is 0.382. The summed E-state index contributed by atoms with van der Waals surface area (Å²) in [6.45, 7) is 4.21. The van der Waals surface area contributed by atoms with E-state index in [1.54, 1.807) is 0 Å². The Hall–Kier alpha value is -0.650. The summed E-state index contributed by atoms with van der Waals surface area (Å²) in [4.78, 5) is 6.81. The largest absolute Gasteiger partial charge is 0.371 e. The third-order valence-electron chi connectivity index (χ3n) is 6.68. The number of anilines is 1. The molecule has 4 fully saturated rings. The van der Waals surface area contributed by atoms with Crippen LogP contribution in [-0.2, 0) is 9.47 Å². The third kappa shape index (κ3) is 5.24. The smallest absolute Gasteiger partial charge is 0.157 e. The average molecular weight is 437 g/mol. The summed E-state index contributed by atoms with van der Waals surface area (Å²) in [7, 11) is 0. The van der Waals surface area contributed by atoms with Crippen LogP contribution in [0.4, 0.5) is 5.69 Å². The molecule has 4 nitrogen and oxygen atoms in total. The zero-order valence-electron chi connectivity index (χ0n) is 16.3. The lowest BCUT2D eigenvalue weighted by molar-refractivity contribution is -0.162. The number of unbranched alkanes of at least 4 members (excludes halogenated alkanes) is 3. The van der Waals surface area contributed by atoms with Crippen LogP contribution >= 0.6 is 15.9 Å². The number of hydrogen-bond acceptors (Lipinski definition) is 4. The summed E-state index contributed by atoms with van der Waals surface area (Å²) in [5.41, 5.74) is 1.33. The van der Waals surface area contributed by atoms with Crippen LogP contribution in [0.1, 0.15) is 57.8 Å². The molecule has 1 saturated carbocycles. The van der Waals surface area contributed by atoms with Gasteiger partial charge in [0.05, 0.1) is 0 Å². The highest BCUT2D eigenvalue weighted by atomic mass is 79.9. The lowest BCUT2D eigenvalue weighted by Gasteiger charge is -2.54. The predicted octanol–water partition coefficient (Wildman–Crippen LogP) is 5.41. The second-order valence-electron chi connectivity index (χ2n) is 8.53. The fraction of sp³-hybridized carbons (Fsp3) is 0.773. The Bertz CT molecular complexity index is 581. The molecule has 2 bridgehead atoms. The molecular formula is C22H33BrN2O2. The van der Waals surface area contributed by atoms with Crippen molar-refractivity contribution >= 4 is 21.6 Å². The van der Waals surface area contributed by atoms with Crippen molar-refractivity contribution in [2.45, 2.75) is 64.1 Å². The van der Waals surface area contributed by atoms with Crippen molar-refractivity contribution in [2.24, 2.45) is 17.8 Å². The molecule has 0 amide bonds. The molecule has 0 aromatic carbocycles. The molecule has 1 aromatic heterocycles. The molecule has 0 spiro atoms. The summed E-state index contributed by atoms with van der Waals surface area (Å²) in [5, 5.41) is 0. The third-order valence-corrected chi connectivity index (χ3v) is 7.11. The molecule has 1 aromatic rings. The van der Waals surface area contributed by atoms with Crippen molar-refractivity contribution in [2.75, 3.05) is 31.2 Å². The fourth-order valence-electron chi connectivity index (χ4n) is 5.15. The van der Waals surface area contributed by atoms with Gasteiger partial charge >= 0.3 is 0 Å². The number of fused-ring (bicyclic) bond motifs is 2. The van der Waals surface area contributed by atoms with Gasteiger partial charge in [0.1, 0.15) is 4.60 Å². The molecule has 3 saturated heterocycles. The SMILES string of the molecule is Brc1cc(N2C[C@H]3C[C@@H](C2)C3CCCCCCOC2CCCCO2)ccn1. The van der Waals surface area contributed by atoms with Crippen LogP contribution < -0.4 is 4.90 Å². The number of piperidine rings is 2. The summed E-state index contributed by atoms with van der Waals surface area (Å²) in [6, 6.07) is 4.30. The van der Waals surface area contributed by atoms with E-state index in [2.05, 4.69) is 37.9 Å². The molecule has 2 unspecified atom stereocenters. The number of pyridine rings is 1. The zero-order valence-corrected chi connectivity index (χ0v) is 17.9. The van der Waals surface area contributed by atoms with Gasteiger partial charge in [-0.25, -0.2) is 4.98 Å². The fourth-order valence-corrected chi connectivity index (χ4v) is 5.51. The molecular weight excluding hydrogens is 404 g/mol. The number of aromatic nitrogens is 1. The average Bonchev–Trinajstić information content (AvgIpc) is 2.71. The molecule has 4 atom stereocenters. The first-order chi connectivity index (χ1) is 13.3. The van der Waals surface area contributed by atoms with E-state index >= 15 is 0 Å². The van der Waals surface area contributed by atoms with Gasteiger partial charge in [-0.15, -0.1) is 0 Å². The first-order valence-electron chi connectivity index (χ1n) is 10.9. The van der Waals surface area contributed by atoms with Gasteiger partial charge in [-0.1, -0.05) is 19.3 Å². The topological polar surface area (TPSA) is 34.6 Å². The normalized spacial score (nSPS) is 30.2. The lowest BCUT2D eigenvalue weighted by atomic mass is 9.60. The molecule has 27 heavy (non-hydrogen) atoms. The Morgan fingerprint density at radius 1 is 1.15 bits per heavy atom. The minimum absolute atomic E-state index is 0.0806. The van der Waals surface area contributed by atoms with Gasteiger partial charge < -0.3 is 14.4 Å². The Balaban J connectivity index is 1.08. The Labute approximate surface area is 172 Å². The van der Waals surface area contributed by atoms with Crippen LogP contribution in [0.25, 0.3) is 0 Å².